The van der Waals surface area contributed by atoms with Gasteiger partial charge in [0.25, 0.3) is 0 Å². The van der Waals surface area contributed by atoms with Crippen LogP contribution in [-0.2, 0) is 7.05 Å². The highest BCUT2D eigenvalue weighted by Crippen LogP contribution is 2.31. The average molecular weight is 309 g/mol. The van der Waals surface area contributed by atoms with E-state index in [4.69, 9.17) is 0 Å². The van der Waals surface area contributed by atoms with E-state index in [1.54, 1.807) is 23.2 Å². The fraction of sp³-hybridized carbons (Fsp3) is 0.353. The molecule has 0 saturated heterocycles. The highest BCUT2D eigenvalue weighted by atomic mass is 16.1. The van der Waals surface area contributed by atoms with Crippen molar-refractivity contribution in [2.45, 2.75) is 31.7 Å². The van der Waals surface area contributed by atoms with E-state index in [2.05, 4.69) is 15.3 Å². The lowest BCUT2D eigenvalue weighted by atomic mass is 10.2. The molecule has 0 aliphatic heterocycles. The van der Waals surface area contributed by atoms with Crippen molar-refractivity contribution < 1.29 is 0 Å². The highest BCUT2D eigenvalue weighted by molar-refractivity contribution is 5.79. The Morgan fingerprint density at radius 2 is 2.04 bits per heavy atom. The zero-order valence-electron chi connectivity index (χ0n) is 13.1. The van der Waals surface area contributed by atoms with E-state index in [9.17, 15) is 4.79 Å². The standard InChI is InChI=1S/C17H19N5O/c1-21-15-11-19-16(20-12-5-4-8-18-10-12)9-14(15)22(17(21)23)13-6-2-3-7-13/h4-5,8-11,13H,2-3,6-7H2,1H3,(H,19,20). The van der Waals surface area contributed by atoms with Crippen molar-refractivity contribution >= 4 is 22.5 Å². The van der Waals surface area contributed by atoms with Crippen LogP contribution in [-0.4, -0.2) is 19.1 Å². The van der Waals surface area contributed by atoms with E-state index in [-0.39, 0.29) is 5.69 Å². The molecule has 4 rings (SSSR count). The Labute approximate surface area is 133 Å². The van der Waals surface area contributed by atoms with Crippen LogP contribution in [0.2, 0.25) is 0 Å². The van der Waals surface area contributed by atoms with Gasteiger partial charge in [0.05, 0.1) is 29.1 Å². The molecule has 0 bridgehead atoms. The number of hydrogen-bond donors (Lipinski definition) is 1. The van der Waals surface area contributed by atoms with Gasteiger partial charge in [0, 0.05) is 25.4 Å². The molecule has 0 amide bonds. The van der Waals surface area contributed by atoms with Gasteiger partial charge in [-0.25, -0.2) is 9.78 Å². The molecule has 1 N–H and O–H groups in total. The van der Waals surface area contributed by atoms with Crippen molar-refractivity contribution in [1.82, 2.24) is 19.1 Å². The summed E-state index contributed by atoms with van der Waals surface area (Å²) < 4.78 is 3.63. The van der Waals surface area contributed by atoms with Gasteiger partial charge >= 0.3 is 5.69 Å². The molecule has 0 aromatic carbocycles. The molecule has 6 nitrogen and oxygen atoms in total. The van der Waals surface area contributed by atoms with Gasteiger partial charge in [0.15, 0.2) is 0 Å². The van der Waals surface area contributed by atoms with Crippen LogP contribution in [0.4, 0.5) is 11.5 Å². The lowest BCUT2D eigenvalue weighted by Gasteiger charge is -2.12. The number of nitrogens with one attached hydrogen (secondary N) is 1. The summed E-state index contributed by atoms with van der Waals surface area (Å²) in [5.74, 6) is 0.725. The Morgan fingerprint density at radius 1 is 1.22 bits per heavy atom. The van der Waals surface area contributed by atoms with Crippen LogP contribution >= 0.6 is 0 Å². The minimum absolute atomic E-state index is 0.0484. The SMILES string of the molecule is Cn1c(=O)n(C2CCCC2)c2cc(Nc3cccnc3)ncc21. The van der Waals surface area contributed by atoms with Gasteiger partial charge in [-0.1, -0.05) is 12.8 Å². The minimum Gasteiger partial charge on any atom is -0.339 e. The first-order chi connectivity index (χ1) is 11.2. The summed E-state index contributed by atoms with van der Waals surface area (Å²) in [6, 6.07) is 6.08. The first kappa shape index (κ1) is 14.0. The quantitative estimate of drug-likeness (QED) is 0.808. The van der Waals surface area contributed by atoms with E-state index in [1.807, 2.05) is 29.8 Å². The molecule has 0 spiro atoms. The van der Waals surface area contributed by atoms with Crippen molar-refractivity contribution in [2.75, 3.05) is 5.32 Å². The number of fused-ring (bicyclic) bond motifs is 1. The first-order valence-electron chi connectivity index (χ1n) is 7.98. The van der Waals surface area contributed by atoms with Crippen LogP contribution in [0.25, 0.3) is 11.0 Å². The summed E-state index contributed by atoms with van der Waals surface area (Å²) in [4.78, 5) is 21.1. The molecule has 3 heterocycles. The van der Waals surface area contributed by atoms with Crippen molar-refractivity contribution in [2.24, 2.45) is 7.05 Å². The van der Waals surface area contributed by atoms with Crippen LogP contribution in [0.15, 0.2) is 41.6 Å². The lowest BCUT2D eigenvalue weighted by molar-refractivity contribution is 0.509. The monoisotopic (exact) mass is 309 g/mol. The summed E-state index contributed by atoms with van der Waals surface area (Å²) in [6.45, 7) is 0. The molecule has 118 valence electrons. The van der Waals surface area contributed by atoms with Gasteiger partial charge in [-0.2, -0.15) is 0 Å². The second-order valence-electron chi connectivity index (χ2n) is 6.07. The third-order valence-corrected chi connectivity index (χ3v) is 4.60. The Bertz CT molecular complexity index is 890. The number of rotatable bonds is 3. The van der Waals surface area contributed by atoms with Crippen LogP contribution < -0.4 is 11.0 Å². The van der Waals surface area contributed by atoms with Crippen molar-refractivity contribution in [1.29, 1.82) is 0 Å². The van der Waals surface area contributed by atoms with E-state index in [0.29, 0.717) is 6.04 Å². The van der Waals surface area contributed by atoms with Crippen LogP contribution in [0, 0.1) is 0 Å². The van der Waals surface area contributed by atoms with Gasteiger partial charge in [-0.3, -0.25) is 14.1 Å². The normalized spacial score (nSPS) is 15.3. The summed E-state index contributed by atoms with van der Waals surface area (Å²) in [7, 11) is 1.81. The van der Waals surface area contributed by atoms with E-state index in [0.717, 1.165) is 35.4 Å². The largest absolute Gasteiger partial charge is 0.339 e. The number of hydrogen-bond acceptors (Lipinski definition) is 4. The van der Waals surface area contributed by atoms with Gasteiger partial charge < -0.3 is 5.32 Å². The minimum atomic E-state index is 0.0484. The van der Waals surface area contributed by atoms with Crippen molar-refractivity contribution in [3.8, 4) is 0 Å². The van der Waals surface area contributed by atoms with Crippen LogP contribution in [0.5, 0.6) is 0 Å². The van der Waals surface area contributed by atoms with Crippen molar-refractivity contribution in [3.63, 3.8) is 0 Å². The molecular formula is C17H19N5O. The van der Waals surface area contributed by atoms with E-state index < -0.39 is 0 Å². The third kappa shape index (κ3) is 2.40. The predicted octanol–water partition coefficient (Wildman–Crippen LogP) is 2.99. The maximum atomic E-state index is 12.6. The molecule has 23 heavy (non-hydrogen) atoms. The Hall–Kier alpha value is -2.63. The number of anilines is 2. The number of aryl methyl sites for hydroxylation is 1. The molecule has 1 aliphatic rings. The fourth-order valence-electron chi connectivity index (χ4n) is 3.42. The third-order valence-electron chi connectivity index (χ3n) is 4.60. The van der Waals surface area contributed by atoms with Gasteiger partial charge in [-0.15, -0.1) is 0 Å². The Morgan fingerprint density at radius 3 is 2.78 bits per heavy atom. The first-order valence-corrected chi connectivity index (χ1v) is 7.98. The molecule has 6 heteroatoms. The van der Waals surface area contributed by atoms with E-state index >= 15 is 0 Å². The smallest absolute Gasteiger partial charge is 0.329 e. The fourth-order valence-corrected chi connectivity index (χ4v) is 3.42. The molecule has 0 radical (unpaired) electrons. The van der Waals surface area contributed by atoms with Crippen LogP contribution in [0.3, 0.4) is 0 Å². The summed E-state index contributed by atoms with van der Waals surface area (Å²) in [5.41, 5.74) is 2.75. The Balaban J connectivity index is 1.81. The van der Waals surface area contributed by atoms with Gasteiger partial charge in [0.1, 0.15) is 5.82 Å². The molecule has 0 atom stereocenters. The summed E-state index contributed by atoms with van der Waals surface area (Å²) in [5, 5.41) is 3.24. The molecular weight excluding hydrogens is 290 g/mol. The van der Waals surface area contributed by atoms with Crippen molar-refractivity contribution in [3.05, 3.63) is 47.3 Å². The molecule has 3 aromatic rings. The van der Waals surface area contributed by atoms with Crippen LogP contribution in [0.1, 0.15) is 31.7 Å². The number of pyridine rings is 2. The molecule has 0 unspecified atom stereocenters. The molecule has 3 aromatic heterocycles. The molecule has 1 saturated carbocycles. The molecule has 1 aliphatic carbocycles. The predicted molar refractivity (Wildman–Crippen MR) is 90.0 cm³/mol. The van der Waals surface area contributed by atoms with E-state index in [1.165, 1.54) is 12.8 Å². The number of imidazole rings is 1. The Kier molecular flexibility index (Phi) is 3.37. The van der Waals surface area contributed by atoms with Gasteiger partial charge in [-0.05, 0) is 25.0 Å². The summed E-state index contributed by atoms with van der Waals surface area (Å²) >= 11 is 0. The lowest BCUT2D eigenvalue weighted by Crippen LogP contribution is -2.24. The topological polar surface area (TPSA) is 64.7 Å². The maximum absolute atomic E-state index is 12.6. The zero-order chi connectivity index (χ0) is 15.8. The van der Waals surface area contributed by atoms with Gasteiger partial charge in [0.2, 0.25) is 0 Å². The average Bonchev–Trinajstić information content (AvgIpc) is 3.17. The maximum Gasteiger partial charge on any atom is 0.329 e. The number of aromatic nitrogens is 4. The summed E-state index contributed by atoms with van der Waals surface area (Å²) in [6.07, 6.45) is 9.79. The highest BCUT2D eigenvalue weighted by Gasteiger charge is 2.23. The number of nitrogens with zero attached hydrogens (tertiary/aromatic N) is 4. The molecule has 1 fully saturated rings. The second kappa shape index (κ2) is 5.53. The second-order valence-corrected chi connectivity index (χ2v) is 6.07. The zero-order valence-corrected chi connectivity index (χ0v) is 13.1.